The molecule has 0 aromatic heterocycles. The van der Waals surface area contributed by atoms with Crippen LogP contribution in [0.4, 0.5) is 0 Å². The van der Waals surface area contributed by atoms with E-state index in [1.165, 1.54) is 7.05 Å². The first-order chi connectivity index (χ1) is 5.22. The van der Waals surface area contributed by atoms with Gasteiger partial charge in [0.1, 0.15) is 6.29 Å². The fraction of sp³-hybridized carbons (Fsp3) is 0.500. The van der Waals surface area contributed by atoms with Crippen molar-refractivity contribution in [3.05, 3.63) is 0 Å². The van der Waals surface area contributed by atoms with Crippen LogP contribution in [0.25, 0.3) is 0 Å². The van der Waals surface area contributed by atoms with Crippen LogP contribution in [0.2, 0.25) is 0 Å². The summed E-state index contributed by atoms with van der Waals surface area (Å²) in [5.41, 5.74) is 0. The van der Waals surface area contributed by atoms with Crippen molar-refractivity contribution in [1.29, 1.82) is 0 Å². The van der Waals surface area contributed by atoms with Crippen molar-refractivity contribution in [2.24, 2.45) is 0 Å². The van der Waals surface area contributed by atoms with Gasteiger partial charge >= 0.3 is 0 Å². The Morgan fingerprint density at radius 2 is 1.82 bits per heavy atom. The van der Waals surface area contributed by atoms with Gasteiger partial charge in [-0.3, -0.25) is 9.59 Å². The third-order valence-corrected chi connectivity index (χ3v) is 0.665. The van der Waals surface area contributed by atoms with Gasteiger partial charge in [-0.25, -0.2) is 0 Å². The first kappa shape index (κ1) is 12.3. The average Bonchev–Trinajstić information content (AvgIpc) is 2.05. The molecule has 0 aromatic rings. The minimum absolute atomic E-state index is 0.0312. The number of hydrogen-bond acceptors (Lipinski definition) is 3. The van der Waals surface area contributed by atoms with Crippen molar-refractivity contribution in [3.8, 4) is 0 Å². The van der Waals surface area contributed by atoms with E-state index in [9.17, 15) is 9.59 Å². The highest BCUT2D eigenvalue weighted by atomic mass is 16.2. The van der Waals surface area contributed by atoms with Gasteiger partial charge in [0.2, 0.25) is 12.3 Å². The smallest absolute Gasteiger partial charge is 0.226 e. The fourth-order valence-electron chi connectivity index (χ4n) is 0.178. The average molecular weight is 160 g/mol. The largest absolute Gasteiger partial charge is 0.362 e. The summed E-state index contributed by atoms with van der Waals surface area (Å²) < 4.78 is 0. The lowest BCUT2D eigenvalue weighted by Crippen LogP contribution is -2.17. The van der Waals surface area contributed by atoms with Crippen LogP contribution in [0, 0.1) is 0 Å². The van der Waals surface area contributed by atoms with E-state index >= 15 is 0 Å². The standard InChI is InChI=1S/C4H7NO2.C2H5NO/c1-5-4(7)2-3-6;1-3-2-4/h3H,2H2,1H3,(H,5,7);2H,1H3,(H,3,4). The molecule has 0 saturated heterocycles. The van der Waals surface area contributed by atoms with Crippen molar-refractivity contribution >= 4 is 18.6 Å². The van der Waals surface area contributed by atoms with E-state index in [1.54, 1.807) is 7.05 Å². The number of nitrogens with one attached hydrogen (secondary N) is 2. The first-order valence-corrected chi connectivity index (χ1v) is 2.98. The Hall–Kier alpha value is -1.39. The molecule has 0 aliphatic rings. The van der Waals surface area contributed by atoms with Crippen molar-refractivity contribution in [2.75, 3.05) is 14.1 Å². The van der Waals surface area contributed by atoms with Crippen LogP contribution in [0.3, 0.4) is 0 Å². The van der Waals surface area contributed by atoms with E-state index in [0.29, 0.717) is 12.7 Å². The topological polar surface area (TPSA) is 75.3 Å². The molecule has 0 unspecified atom stereocenters. The molecule has 0 spiro atoms. The Kier molecular flexibility index (Phi) is 12.8. The maximum atomic E-state index is 10.1. The third-order valence-electron chi connectivity index (χ3n) is 0.665. The quantitative estimate of drug-likeness (QED) is 0.397. The minimum atomic E-state index is -0.241. The molecule has 2 amide bonds. The van der Waals surface area contributed by atoms with Gasteiger partial charge in [-0.1, -0.05) is 0 Å². The summed E-state index contributed by atoms with van der Waals surface area (Å²) in [4.78, 5) is 28.6. The Morgan fingerprint density at radius 1 is 1.36 bits per heavy atom. The monoisotopic (exact) mass is 160 g/mol. The van der Waals surface area contributed by atoms with E-state index in [2.05, 4.69) is 10.6 Å². The predicted octanol–water partition coefficient (Wildman–Crippen LogP) is -1.32. The van der Waals surface area contributed by atoms with Crippen molar-refractivity contribution < 1.29 is 14.4 Å². The molecule has 2 N–H and O–H groups in total. The highest BCUT2D eigenvalue weighted by Gasteiger charge is 1.90. The van der Waals surface area contributed by atoms with Crippen LogP contribution in [0.15, 0.2) is 0 Å². The van der Waals surface area contributed by atoms with Crippen LogP contribution in [0.1, 0.15) is 6.42 Å². The molecule has 0 atom stereocenters. The molecular formula is C6H12N2O3. The van der Waals surface area contributed by atoms with Crippen LogP contribution < -0.4 is 10.6 Å². The van der Waals surface area contributed by atoms with E-state index in [4.69, 9.17) is 4.79 Å². The number of amides is 2. The summed E-state index contributed by atoms with van der Waals surface area (Å²) in [7, 11) is 3.05. The fourth-order valence-corrected chi connectivity index (χ4v) is 0.178. The molecule has 5 nitrogen and oxygen atoms in total. The number of aldehydes is 1. The lowest BCUT2D eigenvalue weighted by Gasteiger charge is -1.86. The Bertz CT molecular complexity index is 125. The maximum Gasteiger partial charge on any atom is 0.226 e. The molecular weight excluding hydrogens is 148 g/mol. The zero-order valence-electron chi connectivity index (χ0n) is 6.59. The first-order valence-electron chi connectivity index (χ1n) is 2.98. The molecule has 0 aromatic carbocycles. The van der Waals surface area contributed by atoms with Gasteiger partial charge in [0.25, 0.3) is 0 Å². The molecule has 0 rings (SSSR count). The minimum Gasteiger partial charge on any atom is -0.362 e. The second-order valence-electron chi connectivity index (χ2n) is 1.45. The Morgan fingerprint density at radius 3 is 1.91 bits per heavy atom. The summed E-state index contributed by atoms with van der Waals surface area (Å²) in [5.74, 6) is -0.241. The molecule has 0 radical (unpaired) electrons. The summed E-state index contributed by atoms with van der Waals surface area (Å²) in [6.45, 7) is 0. The second kappa shape index (κ2) is 11.4. The van der Waals surface area contributed by atoms with E-state index in [-0.39, 0.29) is 12.3 Å². The van der Waals surface area contributed by atoms with Crippen LogP contribution in [0.5, 0.6) is 0 Å². The lowest BCUT2D eigenvalue weighted by atomic mass is 10.4. The highest BCUT2D eigenvalue weighted by molar-refractivity contribution is 5.87. The number of rotatable bonds is 3. The normalized spacial score (nSPS) is 6.73. The number of carbonyl (C=O) groups excluding carboxylic acids is 3. The highest BCUT2D eigenvalue weighted by Crippen LogP contribution is 1.66. The number of carbonyl (C=O) groups is 3. The van der Waals surface area contributed by atoms with Gasteiger partial charge in [0.15, 0.2) is 0 Å². The zero-order valence-corrected chi connectivity index (χ0v) is 6.59. The summed E-state index contributed by atoms with van der Waals surface area (Å²) in [6.07, 6.45) is 1.16. The zero-order chi connectivity index (χ0) is 9.11. The Labute approximate surface area is 65.2 Å². The van der Waals surface area contributed by atoms with Gasteiger partial charge in [0.05, 0.1) is 6.42 Å². The predicted molar refractivity (Wildman–Crippen MR) is 39.9 cm³/mol. The van der Waals surface area contributed by atoms with Crippen molar-refractivity contribution in [1.82, 2.24) is 10.6 Å². The SMILES string of the molecule is CNC(=O)CC=O.CNC=O. The van der Waals surface area contributed by atoms with Gasteiger partial charge in [-0.05, 0) is 0 Å². The summed E-state index contributed by atoms with van der Waals surface area (Å²) in [5, 5.41) is 4.55. The van der Waals surface area contributed by atoms with Gasteiger partial charge in [-0.2, -0.15) is 0 Å². The molecule has 64 valence electrons. The summed E-state index contributed by atoms with van der Waals surface area (Å²) in [6, 6.07) is 0. The molecule has 0 heterocycles. The van der Waals surface area contributed by atoms with E-state index in [0.717, 1.165) is 0 Å². The van der Waals surface area contributed by atoms with Crippen LogP contribution in [-0.2, 0) is 14.4 Å². The molecule has 0 saturated carbocycles. The van der Waals surface area contributed by atoms with Crippen molar-refractivity contribution in [2.45, 2.75) is 6.42 Å². The van der Waals surface area contributed by atoms with Crippen LogP contribution >= 0.6 is 0 Å². The van der Waals surface area contributed by atoms with Crippen molar-refractivity contribution in [3.63, 3.8) is 0 Å². The molecule has 5 heteroatoms. The second-order valence-corrected chi connectivity index (χ2v) is 1.45. The molecule has 11 heavy (non-hydrogen) atoms. The Balaban J connectivity index is 0. The maximum absolute atomic E-state index is 10.1. The van der Waals surface area contributed by atoms with E-state index in [1.807, 2.05) is 0 Å². The molecule has 0 fully saturated rings. The third kappa shape index (κ3) is 17.7. The van der Waals surface area contributed by atoms with E-state index < -0.39 is 0 Å². The lowest BCUT2D eigenvalue weighted by molar-refractivity contribution is -0.123. The van der Waals surface area contributed by atoms with Gasteiger partial charge in [-0.15, -0.1) is 0 Å². The van der Waals surface area contributed by atoms with Gasteiger partial charge in [0, 0.05) is 14.1 Å². The molecule has 0 aliphatic carbocycles. The molecule has 0 bridgehead atoms. The number of hydrogen-bond donors (Lipinski definition) is 2. The van der Waals surface area contributed by atoms with Gasteiger partial charge < -0.3 is 15.4 Å². The van der Waals surface area contributed by atoms with Crippen LogP contribution in [-0.4, -0.2) is 32.7 Å². The summed E-state index contributed by atoms with van der Waals surface area (Å²) >= 11 is 0. The molecule has 0 aliphatic heterocycles.